The number of esters is 1. The van der Waals surface area contributed by atoms with E-state index in [2.05, 4.69) is 31.2 Å². The minimum Gasteiger partial charge on any atom is -0.465 e. The molecule has 1 atom stereocenters. The Morgan fingerprint density at radius 1 is 1.40 bits per heavy atom. The van der Waals surface area contributed by atoms with Crippen LogP contribution in [0.5, 0.6) is 0 Å². The topological polar surface area (TPSA) is 52.3 Å². The molecular weight excluding hydrogens is 270 g/mol. The molecule has 0 radical (unpaired) electrons. The molecule has 1 unspecified atom stereocenters. The van der Waals surface area contributed by atoms with Crippen LogP contribution in [0, 0.1) is 6.92 Å². The van der Waals surface area contributed by atoms with Crippen molar-refractivity contribution in [2.75, 3.05) is 12.4 Å². The number of thioether (sulfide) groups is 1. The van der Waals surface area contributed by atoms with Gasteiger partial charge in [0.15, 0.2) is 0 Å². The number of rotatable bonds is 8. The van der Waals surface area contributed by atoms with Crippen molar-refractivity contribution < 1.29 is 9.53 Å². The molecule has 3 nitrogen and oxygen atoms in total. The summed E-state index contributed by atoms with van der Waals surface area (Å²) in [5.74, 6) is 1.71. The van der Waals surface area contributed by atoms with Gasteiger partial charge in [0.25, 0.3) is 0 Å². The molecule has 0 spiro atoms. The molecule has 112 valence electrons. The molecule has 2 N–H and O–H groups in total. The summed E-state index contributed by atoms with van der Waals surface area (Å²) in [6, 6.07) is 8.42. The molecule has 4 heteroatoms. The summed E-state index contributed by atoms with van der Waals surface area (Å²) in [6.45, 7) is 6.06. The van der Waals surface area contributed by atoms with Crippen molar-refractivity contribution in [2.45, 2.75) is 44.9 Å². The van der Waals surface area contributed by atoms with E-state index in [9.17, 15) is 4.79 Å². The molecule has 1 aromatic rings. The second-order valence-electron chi connectivity index (χ2n) is 5.22. The van der Waals surface area contributed by atoms with Crippen molar-refractivity contribution in [3.8, 4) is 0 Å². The molecule has 0 fully saturated rings. The third-order valence-electron chi connectivity index (χ3n) is 3.25. The molecule has 20 heavy (non-hydrogen) atoms. The zero-order valence-corrected chi connectivity index (χ0v) is 13.5. The summed E-state index contributed by atoms with van der Waals surface area (Å²) in [7, 11) is 0. The summed E-state index contributed by atoms with van der Waals surface area (Å²) in [4.78, 5) is 11.6. The average Bonchev–Trinajstić information content (AvgIpc) is 2.40. The fourth-order valence-corrected chi connectivity index (χ4v) is 2.93. The maximum absolute atomic E-state index is 11.6. The van der Waals surface area contributed by atoms with Gasteiger partial charge in [-0.1, -0.05) is 24.3 Å². The van der Waals surface area contributed by atoms with Crippen LogP contribution in [0.3, 0.4) is 0 Å². The normalized spacial score (nSPS) is 13.8. The Labute approximate surface area is 126 Å². The van der Waals surface area contributed by atoms with Gasteiger partial charge in [-0.3, -0.25) is 4.79 Å². The predicted octanol–water partition coefficient (Wildman–Crippen LogP) is 3.29. The highest BCUT2D eigenvalue weighted by Gasteiger charge is 2.28. The lowest BCUT2D eigenvalue weighted by Gasteiger charge is -2.21. The van der Waals surface area contributed by atoms with Crippen LogP contribution in [0.2, 0.25) is 0 Å². The number of nitrogens with two attached hydrogens (primary N) is 1. The zero-order valence-electron chi connectivity index (χ0n) is 12.6. The van der Waals surface area contributed by atoms with E-state index in [4.69, 9.17) is 10.5 Å². The van der Waals surface area contributed by atoms with Crippen LogP contribution in [-0.2, 0) is 15.3 Å². The number of hydrogen-bond donors (Lipinski definition) is 1. The van der Waals surface area contributed by atoms with Gasteiger partial charge in [0.2, 0.25) is 0 Å². The first-order valence-electron chi connectivity index (χ1n) is 7.05. The van der Waals surface area contributed by atoms with Crippen molar-refractivity contribution >= 4 is 17.7 Å². The van der Waals surface area contributed by atoms with Gasteiger partial charge in [-0.2, -0.15) is 11.8 Å². The average molecular weight is 295 g/mol. The molecule has 1 aromatic carbocycles. The molecule has 0 amide bonds. The number of carbonyl (C=O) groups excluding carboxylic acids is 1. The third-order valence-corrected chi connectivity index (χ3v) is 4.34. The molecule has 0 aromatic heterocycles. The van der Waals surface area contributed by atoms with E-state index in [0.717, 1.165) is 17.9 Å². The van der Waals surface area contributed by atoms with Gasteiger partial charge in [0.1, 0.15) is 5.54 Å². The minimum atomic E-state index is -0.862. The zero-order chi connectivity index (χ0) is 15.0. The van der Waals surface area contributed by atoms with E-state index in [1.807, 2.05) is 11.8 Å². The molecule has 0 aliphatic rings. The Kier molecular flexibility index (Phi) is 7.10. The summed E-state index contributed by atoms with van der Waals surface area (Å²) in [5.41, 5.74) is 7.82. The van der Waals surface area contributed by atoms with Gasteiger partial charge in [0.05, 0.1) is 6.61 Å². The maximum atomic E-state index is 11.6. The SMILES string of the molecule is CCOC(=O)C(C)(N)CCCSCc1ccccc1C. The van der Waals surface area contributed by atoms with Crippen molar-refractivity contribution in [2.24, 2.45) is 5.73 Å². The monoisotopic (exact) mass is 295 g/mol. The maximum Gasteiger partial charge on any atom is 0.325 e. The third kappa shape index (κ3) is 5.55. The fraction of sp³-hybridized carbons (Fsp3) is 0.562. The van der Waals surface area contributed by atoms with E-state index in [0.29, 0.717) is 13.0 Å². The van der Waals surface area contributed by atoms with Gasteiger partial charge in [-0.15, -0.1) is 0 Å². The van der Waals surface area contributed by atoms with E-state index in [1.54, 1.807) is 13.8 Å². The molecule has 0 heterocycles. The Morgan fingerprint density at radius 2 is 2.10 bits per heavy atom. The van der Waals surface area contributed by atoms with Crippen LogP contribution in [0.25, 0.3) is 0 Å². The first-order valence-corrected chi connectivity index (χ1v) is 8.21. The quantitative estimate of drug-likeness (QED) is 0.590. The van der Waals surface area contributed by atoms with E-state index >= 15 is 0 Å². The van der Waals surface area contributed by atoms with E-state index in [1.165, 1.54) is 11.1 Å². The summed E-state index contributed by atoms with van der Waals surface area (Å²) < 4.78 is 4.98. The highest BCUT2D eigenvalue weighted by molar-refractivity contribution is 7.98. The molecule has 0 bridgehead atoms. The smallest absolute Gasteiger partial charge is 0.325 e. The summed E-state index contributed by atoms with van der Waals surface area (Å²) in [5, 5.41) is 0. The molecule has 0 saturated carbocycles. The lowest BCUT2D eigenvalue weighted by atomic mass is 9.98. The number of hydrogen-bond acceptors (Lipinski definition) is 4. The number of aryl methyl sites for hydroxylation is 1. The van der Waals surface area contributed by atoms with Crippen LogP contribution in [0.1, 0.15) is 37.8 Å². The second-order valence-corrected chi connectivity index (χ2v) is 6.33. The minimum absolute atomic E-state index is 0.302. The van der Waals surface area contributed by atoms with Crippen molar-refractivity contribution in [1.82, 2.24) is 0 Å². The first-order chi connectivity index (χ1) is 9.47. The first kappa shape index (κ1) is 17.1. The van der Waals surface area contributed by atoms with Gasteiger partial charge >= 0.3 is 5.97 Å². The number of ether oxygens (including phenoxy) is 1. The van der Waals surface area contributed by atoms with Crippen molar-refractivity contribution in [1.29, 1.82) is 0 Å². The number of benzene rings is 1. The molecule has 0 aliphatic carbocycles. The predicted molar refractivity (Wildman–Crippen MR) is 85.8 cm³/mol. The lowest BCUT2D eigenvalue weighted by molar-refractivity contribution is -0.149. The van der Waals surface area contributed by atoms with Crippen molar-refractivity contribution in [3.05, 3.63) is 35.4 Å². The molecule has 0 saturated heterocycles. The lowest BCUT2D eigenvalue weighted by Crippen LogP contribution is -2.46. The van der Waals surface area contributed by atoms with Gasteiger partial charge in [-0.05, 0) is 50.5 Å². The van der Waals surface area contributed by atoms with Gasteiger partial charge in [0, 0.05) is 5.75 Å². The molecular formula is C16H25NO2S. The van der Waals surface area contributed by atoms with Gasteiger partial charge < -0.3 is 10.5 Å². The fourth-order valence-electron chi connectivity index (χ4n) is 1.89. The van der Waals surface area contributed by atoms with E-state index < -0.39 is 5.54 Å². The van der Waals surface area contributed by atoms with E-state index in [-0.39, 0.29) is 5.97 Å². The van der Waals surface area contributed by atoms with Crippen LogP contribution in [0.15, 0.2) is 24.3 Å². The van der Waals surface area contributed by atoms with Gasteiger partial charge in [-0.25, -0.2) is 0 Å². The Morgan fingerprint density at radius 3 is 2.75 bits per heavy atom. The summed E-state index contributed by atoms with van der Waals surface area (Å²) >= 11 is 1.88. The Hall–Kier alpha value is -1.00. The van der Waals surface area contributed by atoms with Crippen molar-refractivity contribution in [3.63, 3.8) is 0 Å². The van der Waals surface area contributed by atoms with Crippen LogP contribution in [0.4, 0.5) is 0 Å². The molecule has 0 aliphatic heterocycles. The second kappa shape index (κ2) is 8.32. The van der Waals surface area contributed by atoms with Crippen LogP contribution < -0.4 is 5.73 Å². The largest absolute Gasteiger partial charge is 0.465 e. The standard InChI is InChI=1S/C16H25NO2S/c1-4-19-15(18)16(3,17)10-7-11-20-12-14-9-6-5-8-13(14)2/h5-6,8-9H,4,7,10-12,17H2,1-3H3. The molecule has 1 rings (SSSR count). The van der Waals surface area contributed by atoms with Crippen LogP contribution >= 0.6 is 11.8 Å². The Balaban J connectivity index is 2.25. The number of carbonyl (C=O) groups is 1. The highest BCUT2D eigenvalue weighted by atomic mass is 32.2. The highest BCUT2D eigenvalue weighted by Crippen LogP contribution is 2.19. The van der Waals surface area contributed by atoms with Crippen LogP contribution in [-0.4, -0.2) is 23.9 Å². The summed E-state index contributed by atoms with van der Waals surface area (Å²) in [6.07, 6.45) is 1.58. The Bertz CT molecular complexity index is 432.